The van der Waals surface area contributed by atoms with E-state index in [0.717, 1.165) is 12.6 Å². The van der Waals surface area contributed by atoms with E-state index in [9.17, 15) is 0 Å². The van der Waals surface area contributed by atoms with Crippen LogP contribution in [0.5, 0.6) is 0 Å². The molecule has 0 N–H and O–H groups in total. The highest BCUT2D eigenvalue weighted by molar-refractivity contribution is 5.27. The van der Waals surface area contributed by atoms with E-state index in [0.29, 0.717) is 0 Å². The number of hydrogen-bond donors (Lipinski definition) is 0. The van der Waals surface area contributed by atoms with E-state index in [1.165, 1.54) is 43.2 Å². The molecule has 1 aliphatic rings. The van der Waals surface area contributed by atoms with Gasteiger partial charge in [0.25, 0.3) is 0 Å². The Balaban J connectivity index is 1.95. The van der Waals surface area contributed by atoms with Crippen molar-refractivity contribution >= 4 is 0 Å². The molecule has 0 spiro atoms. The van der Waals surface area contributed by atoms with Gasteiger partial charge in [0.05, 0.1) is 0 Å². The van der Waals surface area contributed by atoms with E-state index in [4.69, 9.17) is 0 Å². The van der Waals surface area contributed by atoms with E-state index < -0.39 is 0 Å². The molecular weight excluding hydrogens is 230 g/mol. The minimum atomic E-state index is 0.258. The SMILES string of the molecule is CN(Cc1ccc(C(C)(C)C)cc1)C1CCCCC1. The van der Waals surface area contributed by atoms with Gasteiger partial charge in [0.1, 0.15) is 0 Å². The van der Waals surface area contributed by atoms with Gasteiger partial charge in [0, 0.05) is 12.6 Å². The van der Waals surface area contributed by atoms with Gasteiger partial charge in [-0.3, -0.25) is 4.90 Å². The summed E-state index contributed by atoms with van der Waals surface area (Å²) in [6.07, 6.45) is 7.04. The van der Waals surface area contributed by atoms with Crippen LogP contribution in [-0.4, -0.2) is 18.0 Å². The van der Waals surface area contributed by atoms with Gasteiger partial charge in [0.15, 0.2) is 0 Å². The summed E-state index contributed by atoms with van der Waals surface area (Å²) < 4.78 is 0. The molecule has 0 unspecified atom stereocenters. The molecule has 0 aromatic heterocycles. The van der Waals surface area contributed by atoms with E-state index in [-0.39, 0.29) is 5.41 Å². The topological polar surface area (TPSA) is 3.24 Å². The molecule has 0 bridgehead atoms. The number of hydrogen-bond acceptors (Lipinski definition) is 1. The summed E-state index contributed by atoms with van der Waals surface area (Å²) in [6, 6.07) is 10.0. The standard InChI is InChI=1S/C18H29N/c1-18(2,3)16-12-10-15(11-13-16)14-19(4)17-8-6-5-7-9-17/h10-13,17H,5-9,14H2,1-4H3. The average Bonchev–Trinajstić information content (AvgIpc) is 2.39. The summed E-state index contributed by atoms with van der Waals surface area (Å²) in [5, 5.41) is 0. The first-order chi connectivity index (χ1) is 8.97. The minimum absolute atomic E-state index is 0.258. The van der Waals surface area contributed by atoms with E-state index in [1.54, 1.807) is 0 Å². The van der Waals surface area contributed by atoms with Crippen molar-refractivity contribution in [1.82, 2.24) is 4.90 Å². The Kier molecular flexibility index (Phi) is 4.67. The zero-order valence-electron chi connectivity index (χ0n) is 13.1. The van der Waals surface area contributed by atoms with Gasteiger partial charge in [-0.2, -0.15) is 0 Å². The third-order valence-corrected chi connectivity index (χ3v) is 4.45. The first-order valence-corrected chi connectivity index (χ1v) is 7.76. The zero-order valence-corrected chi connectivity index (χ0v) is 13.1. The Hall–Kier alpha value is -0.820. The first-order valence-electron chi connectivity index (χ1n) is 7.76. The van der Waals surface area contributed by atoms with Gasteiger partial charge >= 0.3 is 0 Å². The lowest BCUT2D eigenvalue weighted by atomic mass is 9.86. The molecule has 1 nitrogen and oxygen atoms in total. The second-order valence-corrected chi connectivity index (χ2v) is 7.15. The molecule has 0 aliphatic heterocycles. The van der Waals surface area contributed by atoms with E-state index >= 15 is 0 Å². The highest BCUT2D eigenvalue weighted by atomic mass is 15.1. The normalized spacial score (nSPS) is 17.9. The fraction of sp³-hybridized carbons (Fsp3) is 0.667. The molecule has 0 amide bonds. The van der Waals surface area contributed by atoms with Crippen molar-refractivity contribution in [3.63, 3.8) is 0 Å². The lowest BCUT2D eigenvalue weighted by molar-refractivity contribution is 0.184. The molecule has 2 rings (SSSR count). The summed E-state index contributed by atoms with van der Waals surface area (Å²) in [5.74, 6) is 0. The second kappa shape index (κ2) is 6.09. The molecule has 19 heavy (non-hydrogen) atoms. The van der Waals surface area contributed by atoms with Crippen LogP contribution < -0.4 is 0 Å². The van der Waals surface area contributed by atoms with Crippen molar-refractivity contribution in [2.24, 2.45) is 0 Å². The van der Waals surface area contributed by atoms with Gasteiger partial charge < -0.3 is 0 Å². The quantitative estimate of drug-likeness (QED) is 0.757. The monoisotopic (exact) mass is 259 g/mol. The molecule has 0 radical (unpaired) electrons. The van der Waals surface area contributed by atoms with Gasteiger partial charge in [0.2, 0.25) is 0 Å². The second-order valence-electron chi connectivity index (χ2n) is 7.15. The Morgan fingerprint density at radius 2 is 1.58 bits per heavy atom. The van der Waals surface area contributed by atoms with Crippen molar-refractivity contribution in [2.45, 2.75) is 70.9 Å². The summed E-state index contributed by atoms with van der Waals surface area (Å²) in [5.41, 5.74) is 3.13. The van der Waals surface area contributed by atoms with Gasteiger partial charge in [-0.15, -0.1) is 0 Å². The van der Waals surface area contributed by atoms with Crippen molar-refractivity contribution in [2.75, 3.05) is 7.05 Å². The van der Waals surface area contributed by atoms with Crippen LogP contribution in [0.15, 0.2) is 24.3 Å². The lowest BCUT2D eigenvalue weighted by Gasteiger charge is -2.31. The van der Waals surface area contributed by atoms with Crippen LogP contribution in [0.4, 0.5) is 0 Å². The van der Waals surface area contributed by atoms with Crippen LogP contribution in [0, 0.1) is 0 Å². The first kappa shape index (κ1) is 14.6. The van der Waals surface area contributed by atoms with Crippen LogP contribution in [0.2, 0.25) is 0 Å². The summed E-state index contributed by atoms with van der Waals surface area (Å²) in [7, 11) is 2.29. The third-order valence-electron chi connectivity index (χ3n) is 4.45. The minimum Gasteiger partial charge on any atom is -0.299 e. The maximum atomic E-state index is 2.55. The Morgan fingerprint density at radius 1 is 1.00 bits per heavy atom. The van der Waals surface area contributed by atoms with Crippen LogP contribution in [0.3, 0.4) is 0 Å². The maximum Gasteiger partial charge on any atom is 0.0233 e. The van der Waals surface area contributed by atoms with Crippen molar-refractivity contribution in [1.29, 1.82) is 0 Å². The highest BCUT2D eigenvalue weighted by Crippen LogP contribution is 2.25. The molecule has 1 aromatic carbocycles. The van der Waals surface area contributed by atoms with Crippen molar-refractivity contribution in [3.05, 3.63) is 35.4 Å². The molecule has 1 saturated carbocycles. The summed E-state index contributed by atoms with van der Waals surface area (Å²) in [6.45, 7) is 7.91. The molecule has 0 atom stereocenters. The van der Waals surface area contributed by atoms with Crippen LogP contribution in [0.25, 0.3) is 0 Å². The van der Waals surface area contributed by atoms with Crippen molar-refractivity contribution < 1.29 is 0 Å². The summed E-state index contributed by atoms with van der Waals surface area (Å²) >= 11 is 0. The number of rotatable bonds is 3. The smallest absolute Gasteiger partial charge is 0.0233 e. The zero-order chi connectivity index (χ0) is 13.9. The molecule has 1 fully saturated rings. The molecule has 0 heterocycles. The molecule has 1 aromatic rings. The molecule has 1 aliphatic carbocycles. The maximum absolute atomic E-state index is 2.55. The summed E-state index contributed by atoms with van der Waals surface area (Å²) in [4.78, 5) is 2.55. The van der Waals surface area contributed by atoms with E-state index in [2.05, 4.69) is 57.0 Å². The largest absolute Gasteiger partial charge is 0.299 e. The Bertz CT molecular complexity index is 379. The van der Waals surface area contributed by atoms with Gasteiger partial charge in [-0.25, -0.2) is 0 Å². The fourth-order valence-corrected chi connectivity index (χ4v) is 3.05. The molecule has 1 heteroatoms. The number of nitrogens with zero attached hydrogens (tertiary/aromatic N) is 1. The van der Waals surface area contributed by atoms with Gasteiger partial charge in [-0.05, 0) is 36.4 Å². The average molecular weight is 259 g/mol. The predicted molar refractivity (Wildman–Crippen MR) is 83.5 cm³/mol. The lowest BCUT2D eigenvalue weighted by Crippen LogP contribution is -2.32. The Morgan fingerprint density at radius 3 is 2.11 bits per heavy atom. The van der Waals surface area contributed by atoms with Gasteiger partial charge in [-0.1, -0.05) is 64.3 Å². The predicted octanol–water partition coefficient (Wildman–Crippen LogP) is 4.75. The molecule has 106 valence electrons. The van der Waals surface area contributed by atoms with Crippen LogP contribution in [0.1, 0.15) is 64.0 Å². The Labute approximate surface area is 119 Å². The van der Waals surface area contributed by atoms with Crippen LogP contribution in [-0.2, 0) is 12.0 Å². The third kappa shape index (κ3) is 4.07. The van der Waals surface area contributed by atoms with Crippen molar-refractivity contribution in [3.8, 4) is 0 Å². The van der Waals surface area contributed by atoms with E-state index in [1.807, 2.05) is 0 Å². The molecule has 0 saturated heterocycles. The highest BCUT2D eigenvalue weighted by Gasteiger charge is 2.18. The molecular formula is C18H29N. The fourth-order valence-electron chi connectivity index (χ4n) is 3.05. The van der Waals surface area contributed by atoms with Crippen LogP contribution >= 0.6 is 0 Å². The number of benzene rings is 1.